The Balaban J connectivity index is 2.18. The van der Waals surface area contributed by atoms with Crippen LogP contribution in [0, 0.1) is 12.8 Å². The lowest BCUT2D eigenvalue weighted by Gasteiger charge is -2.23. The molecular weight excluding hydrogens is 146 g/mol. The van der Waals surface area contributed by atoms with Crippen LogP contribution in [0.3, 0.4) is 0 Å². The van der Waals surface area contributed by atoms with Crippen LogP contribution in [-0.4, -0.2) is 24.0 Å². The fourth-order valence-electron chi connectivity index (χ4n) is 1.90. The predicted octanol–water partition coefficient (Wildman–Crippen LogP) is 2.60. The van der Waals surface area contributed by atoms with Gasteiger partial charge in [-0.15, -0.1) is 0 Å². The van der Waals surface area contributed by atoms with Crippen molar-refractivity contribution < 1.29 is 0 Å². The maximum Gasteiger partial charge on any atom is 0.00670 e. The highest BCUT2D eigenvalue weighted by molar-refractivity contribution is 4.80. The number of hydrogen-bond acceptors (Lipinski definition) is 1. The van der Waals surface area contributed by atoms with Crippen molar-refractivity contribution in [1.82, 2.24) is 4.90 Å². The molecule has 12 heavy (non-hydrogen) atoms. The van der Waals surface area contributed by atoms with E-state index in [1.54, 1.807) is 0 Å². The number of rotatable bonds is 4. The van der Waals surface area contributed by atoms with Gasteiger partial charge in [0.2, 0.25) is 0 Å². The number of nitrogens with zero attached hydrogens (tertiary/aromatic N) is 1. The Labute approximate surface area is 77.1 Å². The van der Waals surface area contributed by atoms with Crippen molar-refractivity contribution in [2.24, 2.45) is 5.92 Å². The average Bonchev–Trinajstić information content (AvgIpc) is 2.47. The Morgan fingerprint density at radius 1 is 1.58 bits per heavy atom. The largest absolute Gasteiger partial charge is 0.300 e. The minimum absolute atomic E-state index is 0.439. The van der Waals surface area contributed by atoms with Crippen LogP contribution < -0.4 is 0 Å². The van der Waals surface area contributed by atoms with E-state index < -0.39 is 0 Å². The Kier molecular flexibility index (Phi) is 4.07. The third kappa shape index (κ3) is 2.78. The molecule has 1 nitrogen and oxygen atoms in total. The molecule has 2 unspecified atom stereocenters. The fourth-order valence-corrected chi connectivity index (χ4v) is 1.90. The zero-order chi connectivity index (χ0) is 8.97. The van der Waals surface area contributed by atoms with Crippen molar-refractivity contribution in [3.63, 3.8) is 0 Å². The zero-order valence-electron chi connectivity index (χ0n) is 8.42. The Morgan fingerprint density at radius 2 is 2.33 bits per heavy atom. The van der Waals surface area contributed by atoms with Gasteiger partial charge in [0.15, 0.2) is 0 Å². The Hall–Kier alpha value is -0.0400. The van der Waals surface area contributed by atoms with E-state index in [0.29, 0.717) is 5.92 Å². The summed E-state index contributed by atoms with van der Waals surface area (Å²) in [4.78, 5) is 2.53. The second-order valence-electron chi connectivity index (χ2n) is 4.03. The van der Waals surface area contributed by atoms with Gasteiger partial charge in [-0.2, -0.15) is 0 Å². The molecule has 1 aliphatic rings. The van der Waals surface area contributed by atoms with E-state index in [0.717, 1.165) is 12.6 Å². The summed E-state index contributed by atoms with van der Waals surface area (Å²) in [6.45, 7) is 12.8. The molecule has 2 radical (unpaired) electrons. The molecule has 2 atom stereocenters. The zero-order valence-corrected chi connectivity index (χ0v) is 8.42. The van der Waals surface area contributed by atoms with Crippen molar-refractivity contribution >= 4 is 0 Å². The van der Waals surface area contributed by atoms with E-state index in [2.05, 4.69) is 18.7 Å². The van der Waals surface area contributed by atoms with Gasteiger partial charge in [0.25, 0.3) is 0 Å². The van der Waals surface area contributed by atoms with Crippen molar-refractivity contribution in [3.8, 4) is 0 Å². The minimum atomic E-state index is 0.439. The van der Waals surface area contributed by atoms with Crippen LogP contribution in [0.25, 0.3) is 0 Å². The molecule has 0 bridgehead atoms. The van der Waals surface area contributed by atoms with Gasteiger partial charge in [-0.05, 0) is 39.2 Å². The molecule has 0 aromatic heterocycles. The summed E-state index contributed by atoms with van der Waals surface area (Å²) in [6, 6.07) is 0.749. The van der Waals surface area contributed by atoms with E-state index in [9.17, 15) is 0 Å². The highest BCUT2D eigenvalue weighted by Gasteiger charge is 2.22. The molecular formula is C11H21N. The normalized spacial score (nSPS) is 27.8. The summed E-state index contributed by atoms with van der Waals surface area (Å²) in [5.41, 5.74) is 0. The summed E-state index contributed by atoms with van der Waals surface area (Å²) in [6.07, 6.45) is 5.19. The van der Waals surface area contributed by atoms with Crippen molar-refractivity contribution in [3.05, 3.63) is 6.92 Å². The molecule has 0 amide bonds. The summed E-state index contributed by atoms with van der Waals surface area (Å²) in [7, 11) is 0. The second kappa shape index (κ2) is 4.86. The first-order chi connectivity index (χ1) is 5.74. The molecule has 0 aromatic carbocycles. The van der Waals surface area contributed by atoms with Crippen molar-refractivity contribution in [2.75, 3.05) is 13.1 Å². The quantitative estimate of drug-likeness (QED) is 0.622. The van der Waals surface area contributed by atoms with E-state index in [1.807, 2.05) is 0 Å². The second-order valence-corrected chi connectivity index (χ2v) is 4.03. The van der Waals surface area contributed by atoms with Crippen LogP contribution in [0.15, 0.2) is 0 Å². The van der Waals surface area contributed by atoms with Gasteiger partial charge in [0, 0.05) is 12.6 Å². The molecule has 1 heteroatoms. The van der Waals surface area contributed by atoms with E-state index in [1.165, 1.54) is 32.2 Å². The van der Waals surface area contributed by atoms with E-state index in [-0.39, 0.29) is 0 Å². The maximum absolute atomic E-state index is 5.85. The lowest BCUT2D eigenvalue weighted by atomic mass is 10.1. The summed E-state index contributed by atoms with van der Waals surface area (Å²) < 4.78 is 0. The van der Waals surface area contributed by atoms with E-state index >= 15 is 0 Å². The SMILES string of the molecule is [CH]C1CCN(C(C)CCCC)C1. The van der Waals surface area contributed by atoms with Gasteiger partial charge in [-0.25, -0.2) is 0 Å². The average molecular weight is 167 g/mol. The third-order valence-electron chi connectivity index (χ3n) is 2.85. The van der Waals surface area contributed by atoms with Crippen LogP contribution in [0.2, 0.25) is 0 Å². The predicted molar refractivity (Wildman–Crippen MR) is 53.0 cm³/mol. The standard InChI is InChI=1S/C11H21N/c1-4-5-6-11(3)12-8-7-10(2)9-12/h2,10-11H,4-9H2,1,3H3. The highest BCUT2D eigenvalue weighted by Crippen LogP contribution is 2.19. The third-order valence-corrected chi connectivity index (χ3v) is 2.85. The fraction of sp³-hybridized carbons (Fsp3) is 0.909. The molecule has 0 aromatic rings. The van der Waals surface area contributed by atoms with Crippen LogP contribution in [0.4, 0.5) is 0 Å². The Bertz CT molecular complexity index is 122. The molecule has 1 saturated heterocycles. The smallest absolute Gasteiger partial charge is 0.00670 e. The van der Waals surface area contributed by atoms with Crippen LogP contribution in [-0.2, 0) is 0 Å². The summed E-state index contributed by atoms with van der Waals surface area (Å²) in [5.74, 6) is 0.439. The van der Waals surface area contributed by atoms with Crippen molar-refractivity contribution in [1.29, 1.82) is 0 Å². The monoisotopic (exact) mass is 167 g/mol. The van der Waals surface area contributed by atoms with Gasteiger partial charge < -0.3 is 4.90 Å². The molecule has 70 valence electrons. The maximum atomic E-state index is 5.85. The molecule has 1 heterocycles. The van der Waals surface area contributed by atoms with Crippen molar-refractivity contribution in [2.45, 2.75) is 45.6 Å². The minimum Gasteiger partial charge on any atom is -0.300 e. The van der Waals surface area contributed by atoms with Crippen LogP contribution >= 0.6 is 0 Å². The lowest BCUT2D eigenvalue weighted by Crippen LogP contribution is -2.30. The van der Waals surface area contributed by atoms with Gasteiger partial charge in [-0.3, -0.25) is 0 Å². The first kappa shape index (κ1) is 10.0. The lowest BCUT2D eigenvalue weighted by molar-refractivity contribution is 0.238. The number of hydrogen-bond donors (Lipinski definition) is 0. The molecule has 1 aliphatic heterocycles. The van der Waals surface area contributed by atoms with Crippen LogP contribution in [0.1, 0.15) is 39.5 Å². The van der Waals surface area contributed by atoms with Gasteiger partial charge in [-0.1, -0.05) is 19.8 Å². The van der Waals surface area contributed by atoms with Gasteiger partial charge >= 0.3 is 0 Å². The summed E-state index contributed by atoms with van der Waals surface area (Å²) in [5, 5.41) is 0. The van der Waals surface area contributed by atoms with Crippen LogP contribution in [0.5, 0.6) is 0 Å². The highest BCUT2D eigenvalue weighted by atomic mass is 15.2. The summed E-state index contributed by atoms with van der Waals surface area (Å²) >= 11 is 0. The molecule has 0 spiro atoms. The topological polar surface area (TPSA) is 3.24 Å². The number of unbranched alkanes of at least 4 members (excludes halogenated alkanes) is 1. The number of likely N-dealkylation sites (tertiary alicyclic amines) is 1. The molecule has 0 aliphatic carbocycles. The Morgan fingerprint density at radius 3 is 2.83 bits per heavy atom. The van der Waals surface area contributed by atoms with Gasteiger partial charge in [0.1, 0.15) is 0 Å². The first-order valence-electron chi connectivity index (χ1n) is 5.23. The molecule has 0 saturated carbocycles. The molecule has 0 N–H and O–H groups in total. The van der Waals surface area contributed by atoms with E-state index in [4.69, 9.17) is 6.92 Å². The first-order valence-corrected chi connectivity index (χ1v) is 5.23. The van der Waals surface area contributed by atoms with Gasteiger partial charge in [0.05, 0.1) is 0 Å². The molecule has 1 rings (SSSR count). The molecule has 1 fully saturated rings.